The van der Waals surface area contributed by atoms with Crippen molar-refractivity contribution in [1.82, 2.24) is 5.32 Å². The Morgan fingerprint density at radius 2 is 1.89 bits per heavy atom. The zero-order valence-corrected chi connectivity index (χ0v) is 10.4. The second kappa shape index (κ2) is 5.48. The van der Waals surface area contributed by atoms with E-state index < -0.39 is 5.41 Å². The monoisotopic (exact) mass is 250 g/mol. The van der Waals surface area contributed by atoms with Gasteiger partial charge in [-0.25, -0.2) is 4.39 Å². The van der Waals surface area contributed by atoms with Crippen molar-refractivity contribution < 1.29 is 9.18 Å². The normalized spacial score (nSPS) is 17.7. The van der Waals surface area contributed by atoms with E-state index >= 15 is 0 Å². The van der Waals surface area contributed by atoms with Crippen LogP contribution in [-0.4, -0.2) is 19.0 Å². The van der Waals surface area contributed by atoms with Crippen LogP contribution in [0.5, 0.6) is 0 Å². The van der Waals surface area contributed by atoms with Gasteiger partial charge in [-0.15, -0.1) is 0 Å². The average Bonchev–Trinajstić information content (AvgIpc) is 2.87. The average molecular weight is 250 g/mol. The second-order valence-corrected chi connectivity index (χ2v) is 4.84. The summed E-state index contributed by atoms with van der Waals surface area (Å²) in [5.41, 5.74) is 5.84. The van der Waals surface area contributed by atoms with Gasteiger partial charge in [-0.3, -0.25) is 4.79 Å². The molecule has 1 fully saturated rings. The number of carbonyl (C=O) groups excluding carboxylic acids is 1. The minimum absolute atomic E-state index is 0.0251. The predicted molar refractivity (Wildman–Crippen MR) is 68.6 cm³/mol. The summed E-state index contributed by atoms with van der Waals surface area (Å²) < 4.78 is 13.0. The molecule has 1 aromatic carbocycles. The van der Waals surface area contributed by atoms with Gasteiger partial charge in [-0.05, 0) is 30.5 Å². The van der Waals surface area contributed by atoms with Crippen molar-refractivity contribution >= 4 is 5.91 Å². The molecule has 0 atom stereocenters. The van der Waals surface area contributed by atoms with Crippen molar-refractivity contribution in [2.75, 3.05) is 13.1 Å². The Morgan fingerprint density at radius 3 is 2.44 bits per heavy atom. The number of hydrogen-bond acceptors (Lipinski definition) is 2. The first-order valence-corrected chi connectivity index (χ1v) is 6.43. The van der Waals surface area contributed by atoms with E-state index in [4.69, 9.17) is 5.73 Å². The van der Waals surface area contributed by atoms with E-state index in [1.807, 2.05) is 0 Å². The van der Waals surface area contributed by atoms with Crippen LogP contribution in [0.25, 0.3) is 0 Å². The van der Waals surface area contributed by atoms with Crippen LogP contribution in [0.4, 0.5) is 4.39 Å². The molecule has 2 rings (SSSR count). The molecule has 1 aromatic rings. The molecule has 0 saturated heterocycles. The fourth-order valence-corrected chi connectivity index (χ4v) is 2.75. The highest BCUT2D eigenvalue weighted by Crippen LogP contribution is 2.41. The van der Waals surface area contributed by atoms with Gasteiger partial charge < -0.3 is 11.1 Å². The quantitative estimate of drug-likeness (QED) is 0.854. The molecule has 1 amide bonds. The number of halogens is 1. The molecule has 0 heterocycles. The standard InChI is InChI=1S/C14H19FN2O/c15-12-5-3-11(4-6-12)14(7-1-2-8-14)13(18)17-10-9-16/h3-6H,1-2,7-10,16H2,(H,17,18). The summed E-state index contributed by atoms with van der Waals surface area (Å²) in [6.07, 6.45) is 3.73. The number of carbonyl (C=O) groups is 1. The molecule has 0 radical (unpaired) electrons. The summed E-state index contributed by atoms with van der Waals surface area (Å²) in [7, 11) is 0. The fraction of sp³-hybridized carbons (Fsp3) is 0.500. The van der Waals surface area contributed by atoms with E-state index in [1.165, 1.54) is 12.1 Å². The lowest BCUT2D eigenvalue weighted by atomic mass is 9.78. The molecule has 1 aliphatic carbocycles. The molecule has 1 aliphatic rings. The summed E-state index contributed by atoms with van der Waals surface area (Å²) in [6, 6.07) is 6.29. The Kier molecular flexibility index (Phi) is 3.97. The molecule has 0 unspecified atom stereocenters. The number of nitrogens with one attached hydrogen (secondary N) is 1. The smallest absolute Gasteiger partial charge is 0.230 e. The van der Waals surface area contributed by atoms with E-state index in [0.717, 1.165) is 31.2 Å². The first kappa shape index (κ1) is 13.0. The van der Waals surface area contributed by atoms with Crippen LogP contribution in [0.1, 0.15) is 31.2 Å². The molecule has 18 heavy (non-hydrogen) atoms. The van der Waals surface area contributed by atoms with Crippen molar-refractivity contribution in [3.63, 3.8) is 0 Å². The van der Waals surface area contributed by atoms with Crippen molar-refractivity contribution in [3.8, 4) is 0 Å². The fourth-order valence-electron chi connectivity index (χ4n) is 2.75. The summed E-state index contributed by atoms with van der Waals surface area (Å²) in [5, 5.41) is 2.87. The lowest BCUT2D eigenvalue weighted by Gasteiger charge is -2.28. The van der Waals surface area contributed by atoms with Gasteiger partial charge in [-0.1, -0.05) is 25.0 Å². The van der Waals surface area contributed by atoms with E-state index in [-0.39, 0.29) is 11.7 Å². The minimum atomic E-state index is -0.483. The van der Waals surface area contributed by atoms with Gasteiger partial charge in [0.15, 0.2) is 0 Å². The highest BCUT2D eigenvalue weighted by atomic mass is 19.1. The van der Waals surface area contributed by atoms with Crippen molar-refractivity contribution in [2.24, 2.45) is 5.73 Å². The predicted octanol–water partition coefficient (Wildman–Crippen LogP) is 1.71. The number of amides is 1. The van der Waals surface area contributed by atoms with E-state index in [9.17, 15) is 9.18 Å². The zero-order valence-electron chi connectivity index (χ0n) is 10.4. The molecule has 98 valence electrons. The van der Waals surface area contributed by atoms with Gasteiger partial charge in [-0.2, -0.15) is 0 Å². The van der Waals surface area contributed by atoms with Crippen molar-refractivity contribution in [3.05, 3.63) is 35.6 Å². The largest absolute Gasteiger partial charge is 0.354 e. The summed E-state index contributed by atoms with van der Waals surface area (Å²) >= 11 is 0. The molecular weight excluding hydrogens is 231 g/mol. The van der Waals surface area contributed by atoms with Gasteiger partial charge in [0.05, 0.1) is 5.41 Å². The summed E-state index contributed by atoms with van der Waals surface area (Å²) in [6.45, 7) is 0.924. The molecule has 0 bridgehead atoms. The Labute approximate surface area is 107 Å². The highest BCUT2D eigenvalue weighted by molar-refractivity contribution is 5.88. The number of nitrogens with two attached hydrogens (primary N) is 1. The Balaban J connectivity index is 2.26. The molecule has 0 aliphatic heterocycles. The van der Waals surface area contributed by atoms with Crippen LogP contribution in [0.15, 0.2) is 24.3 Å². The Hall–Kier alpha value is -1.42. The molecule has 0 aromatic heterocycles. The number of benzene rings is 1. The summed E-state index contributed by atoms with van der Waals surface area (Å²) in [5.74, 6) is -0.244. The molecule has 3 nitrogen and oxygen atoms in total. The van der Waals surface area contributed by atoms with Crippen LogP contribution in [0.3, 0.4) is 0 Å². The summed E-state index contributed by atoms with van der Waals surface area (Å²) in [4.78, 5) is 12.4. The van der Waals surface area contributed by atoms with Gasteiger partial charge in [0.1, 0.15) is 5.82 Å². The van der Waals surface area contributed by atoms with Gasteiger partial charge in [0, 0.05) is 13.1 Å². The topological polar surface area (TPSA) is 55.1 Å². The van der Waals surface area contributed by atoms with Crippen LogP contribution >= 0.6 is 0 Å². The maximum Gasteiger partial charge on any atom is 0.230 e. The molecule has 4 heteroatoms. The van der Waals surface area contributed by atoms with Crippen molar-refractivity contribution in [1.29, 1.82) is 0 Å². The molecular formula is C14H19FN2O. The molecule has 0 spiro atoms. The van der Waals surface area contributed by atoms with E-state index in [1.54, 1.807) is 12.1 Å². The third-order valence-corrected chi connectivity index (χ3v) is 3.72. The van der Waals surface area contributed by atoms with Gasteiger partial charge in [0.2, 0.25) is 5.91 Å². The maximum atomic E-state index is 13.0. The number of hydrogen-bond donors (Lipinski definition) is 2. The first-order chi connectivity index (χ1) is 8.69. The van der Waals surface area contributed by atoms with Crippen LogP contribution < -0.4 is 11.1 Å². The second-order valence-electron chi connectivity index (χ2n) is 4.84. The Morgan fingerprint density at radius 1 is 1.28 bits per heavy atom. The van der Waals surface area contributed by atoms with Crippen molar-refractivity contribution in [2.45, 2.75) is 31.1 Å². The van der Waals surface area contributed by atoms with E-state index in [0.29, 0.717) is 13.1 Å². The maximum absolute atomic E-state index is 13.0. The van der Waals surface area contributed by atoms with Crippen LogP contribution in [-0.2, 0) is 10.2 Å². The lowest BCUT2D eigenvalue weighted by molar-refractivity contribution is -0.126. The van der Waals surface area contributed by atoms with Crippen LogP contribution in [0, 0.1) is 5.82 Å². The highest BCUT2D eigenvalue weighted by Gasteiger charge is 2.42. The number of rotatable bonds is 4. The first-order valence-electron chi connectivity index (χ1n) is 6.43. The van der Waals surface area contributed by atoms with Gasteiger partial charge >= 0.3 is 0 Å². The molecule has 3 N–H and O–H groups in total. The minimum Gasteiger partial charge on any atom is -0.354 e. The van der Waals surface area contributed by atoms with Crippen LogP contribution in [0.2, 0.25) is 0 Å². The lowest BCUT2D eigenvalue weighted by Crippen LogP contribution is -2.44. The third kappa shape index (κ3) is 2.38. The SMILES string of the molecule is NCCNC(=O)C1(c2ccc(F)cc2)CCCC1. The van der Waals surface area contributed by atoms with Gasteiger partial charge in [0.25, 0.3) is 0 Å². The molecule has 1 saturated carbocycles. The Bertz CT molecular complexity index is 410. The zero-order chi connectivity index (χ0) is 13.0. The van der Waals surface area contributed by atoms with E-state index in [2.05, 4.69) is 5.32 Å². The third-order valence-electron chi connectivity index (χ3n) is 3.72.